The van der Waals surface area contributed by atoms with Crippen molar-refractivity contribution in [3.8, 4) is 22.0 Å². The van der Waals surface area contributed by atoms with E-state index < -0.39 is 0 Å². The molecule has 1 aromatic carbocycles. The number of hydrogen-bond donors (Lipinski definition) is 1. The van der Waals surface area contributed by atoms with Crippen molar-refractivity contribution in [3.05, 3.63) is 47.5 Å². The first kappa shape index (κ1) is 13.3. The first-order valence-corrected chi connectivity index (χ1v) is 8.10. The van der Waals surface area contributed by atoms with E-state index in [1.54, 1.807) is 17.6 Å². The fourth-order valence-corrected chi connectivity index (χ4v) is 3.45. The molecule has 0 saturated heterocycles. The number of aromatic nitrogens is 1. The zero-order valence-corrected chi connectivity index (χ0v) is 12.7. The van der Waals surface area contributed by atoms with Crippen LogP contribution >= 0.6 is 11.3 Å². The van der Waals surface area contributed by atoms with E-state index in [0.717, 1.165) is 40.6 Å². The number of carbonyl (C=O) groups is 1. The molecule has 2 aromatic heterocycles. The predicted molar refractivity (Wildman–Crippen MR) is 86.8 cm³/mol. The van der Waals surface area contributed by atoms with Gasteiger partial charge in [0.25, 0.3) is 0 Å². The van der Waals surface area contributed by atoms with Gasteiger partial charge < -0.3 is 9.73 Å². The minimum Gasteiger partial charge on any atom is -0.462 e. The van der Waals surface area contributed by atoms with Gasteiger partial charge in [-0.15, -0.1) is 11.3 Å². The summed E-state index contributed by atoms with van der Waals surface area (Å²) in [6.45, 7) is 0. The third-order valence-electron chi connectivity index (χ3n) is 3.76. The maximum absolute atomic E-state index is 11.6. The molecule has 0 aliphatic carbocycles. The van der Waals surface area contributed by atoms with Gasteiger partial charge in [0.2, 0.25) is 5.91 Å². The van der Waals surface area contributed by atoms with Crippen LogP contribution in [0.25, 0.3) is 22.0 Å². The molecule has 3 heterocycles. The largest absolute Gasteiger partial charge is 0.462 e. The highest BCUT2D eigenvalue weighted by molar-refractivity contribution is 7.13. The van der Waals surface area contributed by atoms with E-state index in [0.29, 0.717) is 6.42 Å². The van der Waals surface area contributed by atoms with Gasteiger partial charge >= 0.3 is 0 Å². The number of nitrogens with zero attached hydrogens (tertiary/aromatic N) is 1. The molecule has 0 unspecified atom stereocenters. The van der Waals surface area contributed by atoms with Crippen molar-refractivity contribution in [3.63, 3.8) is 0 Å². The Bertz CT molecular complexity index is 821. The zero-order chi connectivity index (χ0) is 14.9. The van der Waals surface area contributed by atoms with Gasteiger partial charge in [-0.3, -0.25) is 4.79 Å². The number of anilines is 1. The third kappa shape index (κ3) is 2.44. The number of aryl methyl sites for hydroxylation is 1. The van der Waals surface area contributed by atoms with Gasteiger partial charge in [-0.1, -0.05) is 6.07 Å². The van der Waals surface area contributed by atoms with Crippen molar-refractivity contribution < 1.29 is 9.21 Å². The molecular formula is C17H14N2O2S. The number of nitrogens with one attached hydrogen (secondary N) is 1. The summed E-state index contributed by atoms with van der Waals surface area (Å²) in [6.07, 6.45) is 4.04. The molecule has 4 nitrogen and oxygen atoms in total. The highest BCUT2D eigenvalue weighted by atomic mass is 32.1. The molecule has 1 aliphatic heterocycles. The molecule has 1 aliphatic rings. The van der Waals surface area contributed by atoms with E-state index in [4.69, 9.17) is 4.42 Å². The number of amides is 1. The topological polar surface area (TPSA) is 55.1 Å². The summed E-state index contributed by atoms with van der Waals surface area (Å²) in [5, 5.41) is 5.87. The fraction of sp³-hybridized carbons (Fsp3) is 0.176. The van der Waals surface area contributed by atoms with Crippen molar-refractivity contribution in [2.45, 2.75) is 19.3 Å². The molecule has 1 amide bonds. The lowest BCUT2D eigenvalue weighted by atomic mass is 10.0. The number of rotatable bonds is 2. The fourth-order valence-electron chi connectivity index (χ4n) is 2.65. The summed E-state index contributed by atoms with van der Waals surface area (Å²) in [7, 11) is 0. The van der Waals surface area contributed by atoms with Crippen LogP contribution in [0, 0.1) is 0 Å². The first-order chi connectivity index (χ1) is 10.8. The van der Waals surface area contributed by atoms with Crippen molar-refractivity contribution in [2.24, 2.45) is 0 Å². The van der Waals surface area contributed by atoms with Crippen LogP contribution in [0.5, 0.6) is 0 Å². The maximum Gasteiger partial charge on any atom is 0.224 e. The summed E-state index contributed by atoms with van der Waals surface area (Å²) in [5.41, 5.74) is 4.11. The highest BCUT2D eigenvalue weighted by Gasteiger charge is 2.15. The monoisotopic (exact) mass is 310 g/mol. The summed E-state index contributed by atoms with van der Waals surface area (Å²) in [5.74, 6) is 0.888. The second-order valence-corrected chi connectivity index (χ2v) is 6.15. The molecule has 22 heavy (non-hydrogen) atoms. The average Bonchev–Trinajstić information content (AvgIpc) is 3.16. The number of benzene rings is 1. The van der Waals surface area contributed by atoms with Crippen molar-refractivity contribution in [1.29, 1.82) is 0 Å². The van der Waals surface area contributed by atoms with E-state index in [1.807, 2.05) is 29.6 Å². The van der Waals surface area contributed by atoms with Gasteiger partial charge in [-0.25, -0.2) is 4.98 Å². The number of fused-ring (bicyclic) bond motifs is 1. The Balaban J connectivity index is 1.69. The Kier molecular flexibility index (Phi) is 3.27. The molecule has 0 saturated carbocycles. The van der Waals surface area contributed by atoms with E-state index >= 15 is 0 Å². The molecule has 5 heteroatoms. The van der Waals surface area contributed by atoms with Crippen LogP contribution < -0.4 is 5.32 Å². The molecule has 4 rings (SSSR count). The Morgan fingerprint density at radius 3 is 3.05 bits per heavy atom. The van der Waals surface area contributed by atoms with Gasteiger partial charge in [0.05, 0.1) is 12.0 Å². The van der Waals surface area contributed by atoms with Crippen LogP contribution in [-0.2, 0) is 11.2 Å². The molecule has 3 aromatic rings. The Labute approximate surface area is 131 Å². The van der Waals surface area contributed by atoms with Gasteiger partial charge in [0.1, 0.15) is 0 Å². The second kappa shape index (κ2) is 5.42. The lowest BCUT2D eigenvalue weighted by Gasteiger charge is -2.08. The number of carbonyl (C=O) groups excluding carboxylic acids is 1. The van der Waals surface area contributed by atoms with Crippen molar-refractivity contribution in [2.75, 3.05) is 5.32 Å². The standard InChI is InChI=1S/C17H14N2O2S/c20-16-5-1-3-11-9-12(6-7-13(11)18-16)14-10-22-17(19-14)15-4-2-8-21-15/h2,4,6-10H,1,3,5H2,(H,18,20). The maximum atomic E-state index is 11.6. The minimum atomic E-state index is 0.0975. The van der Waals surface area contributed by atoms with E-state index in [2.05, 4.69) is 16.4 Å². The summed E-state index contributed by atoms with van der Waals surface area (Å²) >= 11 is 1.57. The minimum absolute atomic E-state index is 0.0975. The number of furan rings is 1. The van der Waals surface area contributed by atoms with Gasteiger partial charge in [-0.05, 0) is 42.7 Å². The van der Waals surface area contributed by atoms with Crippen LogP contribution in [0.3, 0.4) is 0 Å². The molecule has 0 spiro atoms. The van der Waals surface area contributed by atoms with Crippen LogP contribution in [0.2, 0.25) is 0 Å². The normalized spacial score (nSPS) is 14.3. The molecule has 0 fully saturated rings. The molecular weight excluding hydrogens is 296 g/mol. The van der Waals surface area contributed by atoms with Crippen LogP contribution in [0.4, 0.5) is 5.69 Å². The average molecular weight is 310 g/mol. The van der Waals surface area contributed by atoms with Gasteiger partial charge in [-0.2, -0.15) is 0 Å². The molecule has 1 N–H and O–H groups in total. The Morgan fingerprint density at radius 2 is 2.18 bits per heavy atom. The van der Waals surface area contributed by atoms with Crippen molar-refractivity contribution in [1.82, 2.24) is 4.98 Å². The van der Waals surface area contributed by atoms with E-state index in [1.165, 1.54) is 5.56 Å². The Morgan fingerprint density at radius 1 is 1.23 bits per heavy atom. The van der Waals surface area contributed by atoms with E-state index in [-0.39, 0.29) is 5.91 Å². The number of thiazole rings is 1. The highest BCUT2D eigenvalue weighted by Crippen LogP contribution is 2.32. The molecule has 0 radical (unpaired) electrons. The molecule has 110 valence electrons. The van der Waals surface area contributed by atoms with Crippen LogP contribution in [0.15, 0.2) is 46.4 Å². The van der Waals surface area contributed by atoms with Gasteiger partial charge in [0, 0.05) is 23.1 Å². The summed E-state index contributed by atoms with van der Waals surface area (Å²) in [4.78, 5) is 16.3. The molecule has 0 atom stereocenters. The Hall–Kier alpha value is -2.40. The first-order valence-electron chi connectivity index (χ1n) is 7.22. The third-order valence-corrected chi connectivity index (χ3v) is 4.62. The van der Waals surface area contributed by atoms with Crippen molar-refractivity contribution >= 4 is 22.9 Å². The quantitative estimate of drug-likeness (QED) is 0.766. The zero-order valence-electron chi connectivity index (χ0n) is 11.8. The van der Waals surface area contributed by atoms with E-state index in [9.17, 15) is 4.79 Å². The predicted octanol–water partition coefficient (Wildman–Crippen LogP) is 4.34. The molecule has 0 bridgehead atoms. The smallest absolute Gasteiger partial charge is 0.224 e. The lowest BCUT2D eigenvalue weighted by molar-refractivity contribution is -0.116. The SMILES string of the molecule is O=C1CCCc2cc(-c3csc(-c4ccco4)n3)ccc2N1. The van der Waals surface area contributed by atoms with Gasteiger partial charge in [0.15, 0.2) is 10.8 Å². The number of hydrogen-bond acceptors (Lipinski definition) is 4. The summed E-state index contributed by atoms with van der Waals surface area (Å²) < 4.78 is 5.39. The van der Waals surface area contributed by atoms with Crippen LogP contribution in [0.1, 0.15) is 18.4 Å². The van der Waals surface area contributed by atoms with Crippen LogP contribution in [-0.4, -0.2) is 10.9 Å². The second-order valence-electron chi connectivity index (χ2n) is 5.29. The summed E-state index contributed by atoms with van der Waals surface area (Å²) in [6, 6.07) is 9.88. The lowest BCUT2D eigenvalue weighted by Crippen LogP contribution is -2.09.